The molecule has 1 fully saturated rings. The molecule has 1 saturated heterocycles. The van der Waals surface area contributed by atoms with Gasteiger partial charge in [0.15, 0.2) is 11.5 Å². The molecule has 2 aliphatic rings. The van der Waals surface area contributed by atoms with E-state index < -0.39 is 10.0 Å². The van der Waals surface area contributed by atoms with Crippen LogP contribution in [-0.4, -0.2) is 44.9 Å². The van der Waals surface area contributed by atoms with Gasteiger partial charge in [0.1, 0.15) is 18.1 Å². The van der Waals surface area contributed by atoms with Crippen molar-refractivity contribution in [2.75, 3.05) is 26.3 Å². The fraction of sp³-hybridized carbons (Fsp3) is 0.480. The van der Waals surface area contributed by atoms with Gasteiger partial charge in [0.05, 0.1) is 11.1 Å². The van der Waals surface area contributed by atoms with E-state index in [1.54, 1.807) is 6.07 Å². The van der Waals surface area contributed by atoms with Gasteiger partial charge < -0.3 is 14.8 Å². The third kappa shape index (κ3) is 5.34. The van der Waals surface area contributed by atoms with Crippen LogP contribution in [-0.2, 0) is 10.0 Å². The fourth-order valence-electron chi connectivity index (χ4n) is 4.38. The molecule has 1 N–H and O–H groups in total. The average Bonchev–Trinajstić information content (AvgIpc) is 3.12. The molecule has 4 rings (SSSR count). The van der Waals surface area contributed by atoms with E-state index in [-0.39, 0.29) is 33.3 Å². The number of nitrogens with one attached hydrogen (secondary N) is 1. The Hall–Kier alpha value is -2.29. The van der Waals surface area contributed by atoms with E-state index in [1.807, 2.05) is 32.0 Å². The van der Waals surface area contributed by atoms with Crippen LogP contribution in [0, 0.1) is 5.92 Å². The van der Waals surface area contributed by atoms with Crippen molar-refractivity contribution in [1.29, 1.82) is 0 Å². The summed E-state index contributed by atoms with van der Waals surface area (Å²) in [5.74, 6) is 1.06. The van der Waals surface area contributed by atoms with Crippen molar-refractivity contribution in [1.82, 2.24) is 9.62 Å². The zero-order chi connectivity index (χ0) is 24.3. The first-order valence-electron chi connectivity index (χ1n) is 11.8. The number of amides is 1. The summed E-state index contributed by atoms with van der Waals surface area (Å²) >= 11 is 6.30. The second-order valence-electron chi connectivity index (χ2n) is 9.06. The summed E-state index contributed by atoms with van der Waals surface area (Å²) < 4.78 is 39.4. The van der Waals surface area contributed by atoms with Crippen LogP contribution in [0.25, 0.3) is 0 Å². The summed E-state index contributed by atoms with van der Waals surface area (Å²) in [5, 5.41) is 3.18. The predicted molar refractivity (Wildman–Crippen MR) is 131 cm³/mol. The lowest BCUT2D eigenvalue weighted by atomic mass is 9.95. The fourth-order valence-corrected chi connectivity index (χ4v) is 6.39. The van der Waals surface area contributed by atoms with Gasteiger partial charge in [-0.3, -0.25) is 4.79 Å². The van der Waals surface area contributed by atoms with E-state index >= 15 is 0 Å². The lowest BCUT2D eigenvalue weighted by Crippen LogP contribution is -2.33. The van der Waals surface area contributed by atoms with E-state index in [9.17, 15) is 13.2 Å². The number of halogens is 1. The summed E-state index contributed by atoms with van der Waals surface area (Å²) in [6.45, 7) is 5.95. The van der Waals surface area contributed by atoms with Crippen LogP contribution >= 0.6 is 11.6 Å². The molecule has 0 aliphatic carbocycles. The highest BCUT2D eigenvalue weighted by Crippen LogP contribution is 2.35. The first-order valence-corrected chi connectivity index (χ1v) is 13.6. The highest BCUT2D eigenvalue weighted by atomic mass is 35.5. The van der Waals surface area contributed by atoms with Crippen LogP contribution < -0.4 is 14.8 Å². The molecule has 0 saturated carbocycles. The van der Waals surface area contributed by atoms with Crippen molar-refractivity contribution in [2.24, 2.45) is 5.92 Å². The number of nitrogens with zero attached hydrogens (tertiary/aromatic N) is 1. The maximum atomic E-state index is 13.3. The average molecular weight is 507 g/mol. The van der Waals surface area contributed by atoms with E-state index in [4.69, 9.17) is 21.1 Å². The van der Waals surface area contributed by atoms with Crippen molar-refractivity contribution in [3.63, 3.8) is 0 Å². The number of ether oxygens (including phenoxy) is 2. The smallest absolute Gasteiger partial charge is 0.251 e. The number of carbonyl (C=O) groups excluding carboxylic acids is 1. The summed E-state index contributed by atoms with van der Waals surface area (Å²) in [7, 11) is -3.79. The highest BCUT2D eigenvalue weighted by molar-refractivity contribution is 7.89. The number of fused-ring (bicyclic) bond motifs is 1. The first-order chi connectivity index (χ1) is 16.3. The van der Waals surface area contributed by atoms with Crippen molar-refractivity contribution in [3.05, 3.63) is 52.5 Å². The standard InChI is InChI=1S/C25H31ClN2O5S/c1-17(2)24(18-8-10-21-22(15-18)33-14-13-32-21)27-25(29)19-7-9-20(26)23(16-19)34(30,31)28-11-5-3-4-6-12-28/h7-10,15-17,24H,3-6,11-14H2,1-2H3,(H,27,29). The van der Waals surface area contributed by atoms with Gasteiger partial charge in [0.25, 0.3) is 5.91 Å². The predicted octanol–water partition coefficient (Wildman–Crippen LogP) is 4.80. The van der Waals surface area contributed by atoms with Gasteiger partial charge >= 0.3 is 0 Å². The number of hydrogen-bond donors (Lipinski definition) is 1. The summed E-state index contributed by atoms with van der Waals surface area (Å²) in [6.07, 6.45) is 3.67. The maximum Gasteiger partial charge on any atom is 0.251 e. The molecule has 0 radical (unpaired) electrons. The molecular formula is C25H31ClN2O5S. The van der Waals surface area contributed by atoms with Crippen LogP contribution in [0.1, 0.15) is 61.5 Å². The third-order valence-electron chi connectivity index (χ3n) is 6.25. The summed E-state index contributed by atoms with van der Waals surface area (Å²) in [6, 6.07) is 9.77. The Morgan fingerprint density at radius 2 is 1.65 bits per heavy atom. The molecule has 184 valence electrons. The number of hydrogen-bond acceptors (Lipinski definition) is 5. The van der Waals surface area contributed by atoms with Crippen molar-refractivity contribution in [3.8, 4) is 11.5 Å². The van der Waals surface area contributed by atoms with E-state index in [2.05, 4.69) is 5.32 Å². The van der Waals surface area contributed by atoms with E-state index in [0.717, 1.165) is 31.2 Å². The van der Waals surface area contributed by atoms with Crippen LogP contribution in [0.4, 0.5) is 0 Å². The van der Waals surface area contributed by atoms with Gasteiger partial charge in [-0.05, 0) is 54.7 Å². The topological polar surface area (TPSA) is 84.9 Å². The zero-order valence-corrected chi connectivity index (χ0v) is 21.1. The number of sulfonamides is 1. The Labute approximate surface area is 206 Å². The summed E-state index contributed by atoms with van der Waals surface area (Å²) in [5.41, 5.74) is 1.14. The number of benzene rings is 2. The molecular weight excluding hydrogens is 476 g/mol. The molecule has 9 heteroatoms. The van der Waals surface area contributed by atoms with Gasteiger partial charge in [-0.2, -0.15) is 4.31 Å². The largest absolute Gasteiger partial charge is 0.486 e. The normalized spacial score (nSPS) is 17.8. The second-order valence-corrected chi connectivity index (χ2v) is 11.4. The van der Waals surface area contributed by atoms with E-state index in [1.165, 1.54) is 16.4 Å². The Balaban J connectivity index is 1.58. The Bertz CT molecular complexity index is 1140. The molecule has 1 atom stereocenters. The summed E-state index contributed by atoms with van der Waals surface area (Å²) in [4.78, 5) is 13.2. The van der Waals surface area contributed by atoms with Gasteiger partial charge in [-0.25, -0.2) is 8.42 Å². The molecule has 2 aliphatic heterocycles. The minimum atomic E-state index is -3.79. The van der Waals surface area contributed by atoms with Crippen LogP contribution in [0.3, 0.4) is 0 Å². The molecule has 34 heavy (non-hydrogen) atoms. The maximum absolute atomic E-state index is 13.3. The van der Waals surface area contributed by atoms with E-state index in [0.29, 0.717) is 37.8 Å². The molecule has 2 heterocycles. The molecule has 0 aromatic heterocycles. The van der Waals surface area contributed by atoms with Crippen molar-refractivity contribution >= 4 is 27.5 Å². The van der Waals surface area contributed by atoms with Gasteiger partial charge in [-0.1, -0.05) is 44.4 Å². The van der Waals surface area contributed by atoms with Crippen LogP contribution in [0.2, 0.25) is 5.02 Å². The Kier molecular flexibility index (Phi) is 7.70. The van der Waals surface area contributed by atoms with Gasteiger partial charge in [0.2, 0.25) is 10.0 Å². The van der Waals surface area contributed by atoms with Gasteiger partial charge in [-0.15, -0.1) is 0 Å². The monoisotopic (exact) mass is 506 g/mol. The molecule has 1 amide bonds. The first kappa shape index (κ1) is 24.8. The second kappa shape index (κ2) is 10.5. The van der Waals surface area contributed by atoms with Crippen LogP contribution in [0.15, 0.2) is 41.3 Å². The van der Waals surface area contributed by atoms with Crippen molar-refractivity contribution in [2.45, 2.75) is 50.5 Å². The SMILES string of the molecule is CC(C)C(NC(=O)c1ccc(Cl)c(S(=O)(=O)N2CCCCCC2)c1)c1ccc2c(c1)OCCO2. The lowest BCUT2D eigenvalue weighted by Gasteiger charge is -2.26. The number of rotatable bonds is 6. The molecule has 1 unspecified atom stereocenters. The molecule has 7 nitrogen and oxygen atoms in total. The molecule has 0 spiro atoms. The van der Waals surface area contributed by atoms with Crippen molar-refractivity contribution < 1.29 is 22.7 Å². The van der Waals surface area contributed by atoms with Gasteiger partial charge in [0, 0.05) is 18.7 Å². The Morgan fingerprint density at radius 1 is 0.971 bits per heavy atom. The quantitative estimate of drug-likeness (QED) is 0.608. The lowest BCUT2D eigenvalue weighted by molar-refractivity contribution is 0.0925. The van der Waals surface area contributed by atoms with Crippen LogP contribution in [0.5, 0.6) is 11.5 Å². The highest BCUT2D eigenvalue weighted by Gasteiger charge is 2.29. The third-order valence-corrected chi connectivity index (χ3v) is 8.64. The molecule has 2 aromatic carbocycles. The number of carbonyl (C=O) groups is 1. The zero-order valence-electron chi connectivity index (χ0n) is 19.6. The Morgan fingerprint density at radius 3 is 2.32 bits per heavy atom. The minimum absolute atomic E-state index is 0.0239. The molecule has 0 bridgehead atoms. The minimum Gasteiger partial charge on any atom is -0.486 e. The molecule has 2 aromatic rings.